The second-order valence-electron chi connectivity index (χ2n) is 4.04. The van der Waals surface area contributed by atoms with Crippen LogP contribution in [0.4, 0.5) is 0 Å². The maximum absolute atomic E-state index is 6.31. The van der Waals surface area contributed by atoms with Gasteiger partial charge < -0.3 is 10.5 Å². The Kier molecular flexibility index (Phi) is 4.90. The van der Waals surface area contributed by atoms with Crippen molar-refractivity contribution in [3.63, 3.8) is 0 Å². The van der Waals surface area contributed by atoms with Gasteiger partial charge in [-0.25, -0.2) is 0 Å². The number of methoxy groups -OCH3 is 1. The van der Waals surface area contributed by atoms with Gasteiger partial charge in [-0.2, -0.15) is 0 Å². The first kappa shape index (κ1) is 14.9. The molecule has 0 radical (unpaired) electrons. The molecule has 0 heterocycles. The Balaban J connectivity index is 2.45. The number of hydrogen-bond acceptors (Lipinski definition) is 2. The van der Waals surface area contributed by atoms with E-state index in [-0.39, 0.29) is 6.04 Å². The first-order valence-electron chi connectivity index (χ1n) is 5.57. The SMILES string of the molecule is COc1ccc(Br)cc1C(N)c1ccc(Br)c(Cl)c1. The van der Waals surface area contributed by atoms with Gasteiger partial charge in [0.1, 0.15) is 5.75 Å². The molecule has 2 N–H and O–H groups in total. The van der Waals surface area contributed by atoms with Crippen molar-refractivity contribution in [2.75, 3.05) is 7.11 Å². The Morgan fingerprint density at radius 3 is 2.53 bits per heavy atom. The number of hydrogen-bond donors (Lipinski definition) is 1. The Morgan fingerprint density at radius 2 is 1.89 bits per heavy atom. The number of ether oxygens (including phenoxy) is 1. The maximum Gasteiger partial charge on any atom is 0.124 e. The van der Waals surface area contributed by atoms with Crippen molar-refractivity contribution in [3.05, 3.63) is 61.5 Å². The highest BCUT2D eigenvalue weighted by molar-refractivity contribution is 9.10. The van der Waals surface area contributed by atoms with Gasteiger partial charge in [0.15, 0.2) is 0 Å². The fourth-order valence-corrected chi connectivity index (χ4v) is 2.65. The van der Waals surface area contributed by atoms with Gasteiger partial charge in [0.05, 0.1) is 18.2 Å². The van der Waals surface area contributed by atoms with Crippen molar-refractivity contribution in [1.29, 1.82) is 0 Å². The second kappa shape index (κ2) is 6.27. The zero-order valence-corrected chi connectivity index (χ0v) is 14.1. The lowest BCUT2D eigenvalue weighted by molar-refractivity contribution is 0.407. The zero-order valence-electron chi connectivity index (χ0n) is 10.2. The van der Waals surface area contributed by atoms with Crippen LogP contribution in [0.15, 0.2) is 45.3 Å². The van der Waals surface area contributed by atoms with Crippen LogP contribution in [-0.2, 0) is 0 Å². The van der Waals surface area contributed by atoms with Crippen molar-refractivity contribution in [2.24, 2.45) is 5.73 Å². The minimum atomic E-state index is -0.293. The summed E-state index contributed by atoms with van der Waals surface area (Å²) in [5, 5.41) is 0.641. The summed E-state index contributed by atoms with van der Waals surface area (Å²) >= 11 is 12.9. The average Bonchev–Trinajstić information content (AvgIpc) is 2.41. The summed E-state index contributed by atoms with van der Waals surface area (Å²) < 4.78 is 7.17. The molecule has 100 valence electrons. The van der Waals surface area contributed by atoms with E-state index in [0.717, 1.165) is 25.8 Å². The van der Waals surface area contributed by atoms with Gasteiger partial charge in [-0.1, -0.05) is 33.6 Å². The number of benzene rings is 2. The lowest BCUT2D eigenvalue weighted by Gasteiger charge is -2.17. The molecule has 1 atom stereocenters. The van der Waals surface area contributed by atoms with E-state index < -0.39 is 0 Å². The van der Waals surface area contributed by atoms with E-state index in [0.29, 0.717) is 5.02 Å². The van der Waals surface area contributed by atoms with Crippen LogP contribution in [0.2, 0.25) is 5.02 Å². The van der Waals surface area contributed by atoms with E-state index in [1.807, 2.05) is 36.4 Å². The molecule has 0 aliphatic heterocycles. The van der Waals surface area contributed by atoms with Crippen molar-refractivity contribution in [2.45, 2.75) is 6.04 Å². The normalized spacial score (nSPS) is 12.3. The molecule has 0 spiro atoms. The molecule has 2 rings (SSSR count). The molecule has 19 heavy (non-hydrogen) atoms. The molecule has 1 unspecified atom stereocenters. The molecule has 0 fully saturated rings. The van der Waals surface area contributed by atoms with Gasteiger partial charge in [0.25, 0.3) is 0 Å². The standard InChI is InChI=1S/C14H12Br2ClNO/c1-19-13-5-3-9(15)7-10(13)14(18)8-2-4-11(16)12(17)6-8/h2-7,14H,18H2,1H3. The van der Waals surface area contributed by atoms with Gasteiger partial charge >= 0.3 is 0 Å². The number of nitrogens with two attached hydrogens (primary N) is 1. The van der Waals surface area contributed by atoms with Crippen molar-refractivity contribution in [3.8, 4) is 5.75 Å². The topological polar surface area (TPSA) is 35.2 Å². The highest BCUT2D eigenvalue weighted by Crippen LogP contribution is 2.33. The highest BCUT2D eigenvalue weighted by Gasteiger charge is 2.15. The fourth-order valence-electron chi connectivity index (χ4n) is 1.83. The summed E-state index contributed by atoms with van der Waals surface area (Å²) in [6, 6.07) is 11.2. The van der Waals surface area contributed by atoms with E-state index in [2.05, 4.69) is 31.9 Å². The van der Waals surface area contributed by atoms with Crippen LogP contribution in [0.3, 0.4) is 0 Å². The Bertz CT molecular complexity index is 604. The molecular formula is C14H12Br2ClNO. The summed E-state index contributed by atoms with van der Waals surface area (Å²) in [4.78, 5) is 0. The number of rotatable bonds is 3. The molecule has 5 heteroatoms. The zero-order chi connectivity index (χ0) is 14.0. The minimum absolute atomic E-state index is 0.293. The van der Waals surface area contributed by atoms with E-state index >= 15 is 0 Å². The molecular weight excluding hydrogens is 393 g/mol. The molecule has 0 aromatic heterocycles. The molecule has 2 aromatic carbocycles. The molecule has 0 saturated carbocycles. The van der Waals surface area contributed by atoms with Crippen molar-refractivity contribution in [1.82, 2.24) is 0 Å². The summed E-state index contributed by atoms with van der Waals surface area (Å²) in [5.74, 6) is 0.759. The Morgan fingerprint density at radius 1 is 1.16 bits per heavy atom. The maximum atomic E-state index is 6.31. The third-order valence-corrected chi connectivity index (χ3v) is 4.56. The first-order valence-corrected chi connectivity index (χ1v) is 7.53. The average molecular weight is 406 g/mol. The summed E-state index contributed by atoms with van der Waals surface area (Å²) in [7, 11) is 1.63. The molecule has 0 amide bonds. The van der Waals surface area contributed by atoms with E-state index in [9.17, 15) is 0 Å². The quantitative estimate of drug-likeness (QED) is 0.787. The van der Waals surface area contributed by atoms with Crippen LogP contribution >= 0.6 is 43.5 Å². The molecule has 0 bridgehead atoms. The predicted molar refractivity (Wildman–Crippen MR) is 85.9 cm³/mol. The summed E-state index contributed by atoms with van der Waals surface area (Å²) in [6.45, 7) is 0. The van der Waals surface area contributed by atoms with Crippen molar-refractivity contribution >= 4 is 43.5 Å². The minimum Gasteiger partial charge on any atom is -0.496 e. The highest BCUT2D eigenvalue weighted by atomic mass is 79.9. The Hall–Kier alpha value is -0.550. The Labute approximate surface area is 134 Å². The van der Waals surface area contributed by atoms with Gasteiger partial charge in [-0.15, -0.1) is 0 Å². The molecule has 0 aliphatic rings. The smallest absolute Gasteiger partial charge is 0.124 e. The van der Waals surface area contributed by atoms with Crippen LogP contribution in [0.5, 0.6) is 5.75 Å². The van der Waals surface area contributed by atoms with Crippen LogP contribution in [0.25, 0.3) is 0 Å². The molecule has 0 aliphatic carbocycles. The fraction of sp³-hybridized carbons (Fsp3) is 0.143. The van der Waals surface area contributed by atoms with Crippen LogP contribution in [-0.4, -0.2) is 7.11 Å². The summed E-state index contributed by atoms with van der Waals surface area (Å²) in [6.07, 6.45) is 0. The lowest BCUT2D eigenvalue weighted by atomic mass is 9.99. The van der Waals surface area contributed by atoms with E-state index in [1.54, 1.807) is 7.11 Å². The third-order valence-electron chi connectivity index (χ3n) is 2.83. The van der Waals surface area contributed by atoms with Gasteiger partial charge in [0, 0.05) is 14.5 Å². The van der Waals surface area contributed by atoms with Crippen LogP contribution < -0.4 is 10.5 Å². The van der Waals surface area contributed by atoms with Crippen LogP contribution in [0.1, 0.15) is 17.2 Å². The molecule has 0 saturated heterocycles. The molecule has 2 aromatic rings. The van der Waals surface area contributed by atoms with E-state index in [1.165, 1.54) is 0 Å². The van der Waals surface area contributed by atoms with E-state index in [4.69, 9.17) is 22.1 Å². The summed E-state index contributed by atoms with van der Waals surface area (Å²) in [5.41, 5.74) is 8.15. The largest absolute Gasteiger partial charge is 0.496 e. The van der Waals surface area contributed by atoms with Gasteiger partial charge in [-0.3, -0.25) is 0 Å². The van der Waals surface area contributed by atoms with Crippen LogP contribution in [0, 0.1) is 0 Å². The van der Waals surface area contributed by atoms with Gasteiger partial charge in [0.2, 0.25) is 0 Å². The first-order chi connectivity index (χ1) is 9.02. The lowest BCUT2D eigenvalue weighted by Crippen LogP contribution is -2.13. The number of halogens is 3. The third kappa shape index (κ3) is 3.31. The second-order valence-corrected chi connectivity index (χ2v) is 6.21. The molecule has 2 nitrogen and oxygen atoms in total. The van der Waals surface area contributed by atoms with Gasteiger partial charge in [-0.05, 0) is 51.8 Å². The predicted octanol–water partition coefficient (Wildman–Crippen LogP) is 4.92. The monoisotopic (exact) mass is 403 g/mol. The van der Waals surface area contributed by atoms with Crippen molar-refractivity contribution < 1.29 is 4.74 Å².